The summed E-state index contributed by atoms with van der Waals surface area (Å²) in [6, 6.07) is 8.12. The van der Waals surface area contributed by atoms with Crippen molar-refractivity contribution in [3.63, 3.8) is 0 Å². The second-order valence-corrected chi connectivity index (χ2v) is 5.50. The summed E-state index contributed by atoms with van der Waals surface area (Å²) >= 11 is 0. The molecule has 0 fully saturated rings. The number of anilines is 1. The molecule has 2 N–H and O–H groups in total. The number of hydrogen-bond donors (Lipinski definition) is 2. The third-order valence-electron chi connectivity index (χ3n) is 3.85. The number of ether oxygens (including phenoxy) is 2. The first-order valence-electron chi connectivity index (χ1n) is 7.91. The Kier molecular flexibility index (Phi) is 5.11. The molecule has 0 aliphatic carbocycles. The smallest absolute Gasteiger partial charge is 0.328 e. The van der Waals surface area contributed by atoms with Crippen LogP contribution < -0.4 is 26.0 Å². The molecule has 0 bridgehead atoms. The van der Waals surface area contributed by atoms with Gasteiger partial charge in [0.05, 0.1) is 32.7 Å². The van der Waals surface area contributed by atoms with Crippen LogP contribution in [0.4, 0.5) is 5.69 Å². The van der Waals surface area contributed by atoms with Crippen LogP contribution in [0.1, 0.15) is 16.1 Å². The highest BCUT2D eigenvalue weighted by Gasteiger charge is 2.17. The highest BCUT2D eigenvalue weighted by atomic mass is 16.5. The number of nitrogens with one attached hydrogen (secondary N) is 2. The lowest BCUT2D eigenvalue weighted by molar-refractivity contribution is 0.102. The minimum atomic E-state index is -0.741. The molecule has 140 valence electrons. The van der Waals surface area contributed by atoms with Gasteiger partial charge < -0.3 is 24.2 Å². The summed E-state index contributed by atoms with van der Waals surface area (Å²) in [6.07, 6.45) is 2.51. The fourth-order valence-corrected chi connectivity index (χ4v) is 2.48. The molecular formula is C18H17N3O6. The van der Waals surface area contributed by atoms with Crippen LogP contribution >= 0.6 is 0 Å². The van der Waals surface area contributed by atoms with Crippen molar-refractivity contribution in [2.24, 2.45) is 0 Å². The van der Waals surface area contributed by atoms with Crippen molar-refractivity contribution in [1.29, 1.82) is 0 Å². The van der Waals surface area contributed by atoms with Crippen LogP contribution in [0.2, 0.25) is 0 Å². The molecule has 0 aliphatic heterocycles. The largest absolute Gasteiger partial charge is 0.497 e. The van der Waals surface area contributed by atoms with Crippen LogP contribution in [-0.2, 0) is 6.54 Å². The van der Waals surface area contributed by atoms with Gasteiger partial charge in [0.1, 0.15) is 22.8 Å². The Morgan fingerprint density at radius 3 is 2.70 bits per heavy atom. The molecule has 0 unspecified atom stereocenters. The molecule has 3 aromatic rings. The van der Waals surface area contributed by atoms with E-state index in [0.717, 1.165) is 10.8 Å². The molecule has 0 spiro atoms. The first-order valence-corrected chi connectivity index (χ1v) is 7.91. The lowest BCUT2D eigenvalue weighted by atomic mass is 10.2. The molecule has 27 heavy (non-hydrogen) atoms. The van der Waals surface area contributed by atoms with Crippen LogP contribution in [-0.4, -0.2) is 29.7 Å². The number of nitrogens with zero attached hydrogens (tertiary/aromatic N) is 1. The van der Waals surface area contributed by atoms with E-state index >= 15 is 0 Å². The molecule has 2 aromatic heterocycles. The fourth-order valence-electron chi connectivity index (χ4n) is 2.48. The number of aromatic amines is 1. The zero-order chi connectivity index (χ0) is 19.4. The van der Waals surface area contributed by atoms with Crippen LogP contribution in [0.25, 0.3) is 0 Å². The first-order chi connectivity index (χ1) is 13.0. The van der Waals surface area contributed by atoms with Gasteiger partial charge in [0.15, 0.2) is 0 Å². The molecule has 0 aliphatic rings. The lowest BCUT2D eigenvalue weighted by Gasteiger charge is -2.12. The molecule has 9 nitrogen and oxygen atoms in total. The van der Waals surface area contributed by atoms with E-state index < -0.39 is 17.2 Å². The van der Waals surface area contributed by atoms with Gasteiger partial charge in [-0.1, -0.05) is 0 Å². The number of methoxy groups -OCH3 is 2. The monoisotopic (exact) mass is 371 g/mol. The third kappa shape index (κ3) is 3.76. The molecule has 0 radical (unpaired) electrons. The van der Waals surface area contributed by atoms with E-state index in [2.05, 4.69) is 10.3 Å². The predicted molar refractivity (Wildman–Crippen MR) is 96.6 cm³/mol. The maximum Gasteiger partial charge on any atom is 0.328 e. The number of amides is 1. The van der Waals surface area contributed by atoms with Gasteiger partial charge in [-0.3, -0.25) is 14.2 Å². The molecule has 2 heterocycles. The van der Waals surface area contributed by atoms with Crippen molar-refractivity contribution in [1.82, 2.24) is 9.55 Å². The quantitative estimate of drug-likeness (QED) is 0.678. The van der Waals surface area contributed by atoms with Crippen molar-refractivity contribution in [2.45, 2.75) is 6.54 Å². The Morgan fingerprint density at radius 2 is 2.04 bits per heavy atom. The number of H-pyrrole nitrogens is 1. The van der Waals surface area contributed by atoms with Gasteiger partial charge in [0.25, 0.3) is 11.5 Å². The highest BCUT2D eigenvalue weighted by molar-refractivity contribution is 6.04. The van der Waals surface area contributed by atoms with E-state index in [-0.39, 0.29) is 12.1 Å². The SMILES string of the molecule is COc1ccc(OC)c(NC(=O)c2c[nH]c(=O)n(Cc3ccco3)c2=O)c1. The van der Waals surface area contributed by atoms with Gasteiger partial charge >= 0.3 is 5.69 Å². The van der Waals surface area contributed by atoms with Crippen molar-refractivity contribution in [3.05, 3.63) is 75.0 Å². The fraction of sp³-hybridized carbons (Fsp3) is 0.167. The predicted octanol–water partition coefficient (Wildman–Crippen LogP) is 1.45. The number of carbonyl (C=O) groups excluding carboxylic acids is 1. The Morgan fingerprint density at radius 1 is 1.22 bits per heavy atom. The summed E-state index contributed by atoms with van der Waals surface area (Å²) < 4.78 is 16.4. The van der Waals surface area contributed by atoms with Gasteiger partial charge in [-0.15, -0.1) is 0 Å². The topological polar surface area (TPSA) is 116 Å². The van der Waals surface area contributed by atoms with Crippen molar-refractivity contribution in [3.8, 4) is 11.5 Å². The zero-order valence-electron chi connectivity index (χ0n) is 14.6. The van der Waals surface area contributed by atoms with E-state index in [0.29, 0.717) is 22.9 Å². The third-order valence-corrected chi connectivity index (χ3v) is 3.85. The van der Waals surface area contributed by atoms with Crippen molar-refractivity contribution < 1.29 is 18.7 Å². The van der Waals surface area contributed by atoms with E-state index in [1.54, 1.807) is 30.3 Å². The number of rotatable bonds is 6. The molecule has 0 atom stereocenters. The molecule has 1 aromatic carbocycles. The van der Waals surface area contributed by atoms with Crippen LogP contribution in [0.15, 0.2) is 56.8 Å². The van der Waals surface area contributed by atoms with Gasteiger partial charge in [0.2, 0.25) is 0 Å². The molecule has 0 saturated carbocycles. The Balaban J connectivity index is 1.94. The summed E-state index contributed by atoms with van der Waals surface area (Å²) in [4.78, 5) is 39.6. The number of furan rings is 1. The van der Waals surface area contributed by atoms with Gasteiger partial charge in [-0.2, -0.15) is 0 Å². The second kappa shape index (κ2) is 7.65. The van der Waals surface area contributed by atoms with E-state index in [1.165, 1.54) is 20.5 Å². The average molecular weight is 371 g/mol. The molecule has 1 amide bonds. The molecule has 9 heteroatoms. The molecular weight excluding hydrogens is 354 g/mol. The van der Waals surface area contributed by atoms with E-state index in [1.807, 2.05) is 0 Å². The summed E-state index contributed by atoms with van der Waals surface area (Å²) in [5, 5.41) is 2.60. The molecule has 3 rings (SSSR count). The van der Waals surface area contributed by atoms with E-state index in [9.17, 15) is 14.4 Å². The van der Waals surface area contributed by atoms with Crippen molar-refractivity contribution in [2.75, 3.05) is 19.5 Å². The highest BCUT2D eigenvalue weighted by Crippen LogP contribution is 2.29. The number of aromatic nitrogens is 2. The summed E-state index contributed by atoms with van der Waals surface area (Å²) in [5.74, 6) is 0.609. The summed E-state index contributed by atoms with van der Waals surface area (Å²) in [7, 11) is 2.94. The number of benzene rings is 1. The lowest BCUT2D eigenvalue weighted by Crippen LogP contribution is -2.39. The Labute approximate surface area is 153 Å². The Hall–Kier alpha value is -3.75. The first kappa shape index (κ1) is 18.1. The minimum Gasteiger partial charge on any atom is -0.497 e. The van der Waals surface area contributed by atoms with Gasteiger partial charge in [-0.25, -0.2) is 4.79 Å². The van der Waals surface area contributed by atoms with Gasteiger partial charge in [0, 0.05) is 12.3 Å². The number of hydrogen-bond acceptors (Lipinski definition) is 6. The minimum absolute atomic E-state index is 0.0925. The van der Waals surface area contributed by atoms with Crippen LogP contribution in [0.5, 0.6) is 11.5 Å². The maximum atomic E-state index is 12.6. The number of carbonyl (C=O) groups is 1. The van der Waals surface area contributed by atoms with Crippen LogP contribution in [0, 0.1) is 0 Å². The maximum absolute atomic E-state index is 12.6. The van der Waals surface area contributed by atoms with Crippen molar-refractivity contribution >= 4 is 11.6 Å². The average Bonchev–Trinajstić information content (AvgIpc) is 3.18. The van der Waals surface area contributed by atoms with E-state index in [4.69, 9.17) is 13.9 Å². The summed E-state index contributed by atoms with van der Waals surface area (Å²) in [6.45, 7) is -0.0925. The zero-order valence-corrected chi connectivity index (χ0v) is 14.6. The normalized spacial score (nSPS) is 10.4. The standard InChI is InChI=1S/C18H17N3O6/c1-25-11-5-6-15(26-2)14(8-11)20-16(22)13-9-19-18(24)21(17(13)23)10-12-4-3-7-27-12/h3-9H,10H2,1-2H3,(H,19,24)(H,20,22). The van der Waals surface area contributed by atoms with Crippen LogP contribution in [0.3, 0.4) is 0 Å². The Bertz CT molecular complexity index is 1070. The van der Waals surface area contributed by atoms with Gasteiger partial charge in [-0.05, 0) is 24.3 Å². The molecule has 0 saturated heterocycles. The summed E-state index contributed by atoms with van der Waals surface area (Å²) in [5.41, 5.74) is -1.29. The second-order valence-electron chi connectivity index (χ2n) is 5.50.